The van der Waals surface area contributed by atoms with Crippen LogP contribution in [-0.4, -0.2) is 22.1 Å². The first kappa shape index (κ1) is 12.6. The maximum absolute atomic E-state index is 11.6. The molecule has 0 bridgehead atoms. The normalized spacial score (nSPS) is 29.2. The number of hydrogen-bond donors (Lipinski definition) is 1. The average molecular weight is 263 g/mol. The van der Waals surface area contributed by atoms with E-state index < -0.39 is 0 Å². The van der Waals surface area contributed by atoms with Crippen molar-refractivity contribution in [1.29, 1.82) is 0 Å². The van der Waals surface area contributed by atoms with Gasteiger partial charge >= 0.3 is 0 Å². The molecule has 1 amide bonds. The lowest BCUT2D eigenvalue weighted by Gasteiger charge is -2.24. The van der Waals surface area contributed by atoms with E-state index in [1.807, 2.05) is 6.92 Å². The number of carbonyl (C=O) groups is 1. The molecule has 2 aliphatic rings. The van der Waals surface area contributed by atoms with Crippen molar-refractivity contribution in [2.45, 2.75) is 69.7 Å². The summed E-state index contributed by atoms with van der Waals surface area (Å²) in [7, 11) is 0. The molecule has 1 aromatic rings. The molecule has 5 heteroatoms. The first-order valence-corrected chi connectivity index (χ1v) is 7.35. The second-order valence-corrected chi connectivity index (χ2v) is 5.93. The Bertz CT molecular complexity index is 451. The van der Waals surface area contributed by atoms with Crippen LogP contribution in [0.5, 0.6) is 0 Å². The maximum atomic E-state index is 11.6. The highest BCUT2D eigenvalue weighted by Gasteiger charge is 2.30. The summed E-state index contributed by atoms with van der Waals surface area (Å²) in [6, 6.07) is 0.191. The molecule has 1 N–H and O–H groups in total. The molecule has 19 heavy (non-hydrogen) atoms. The average Bonchev–Trinajstić information content (AvgIpc) is 2.88. The molecule has 0 radical (unpaired) electrons. The summed E-state index contributed by atoms with van der Waals surface area (Å²) in [6.07, 6.45) is 7.53. The van der Waals surface area contributed by atoms with Crippen molar-refractivity contribution in [2.24, 2.45) is 0 Å². The third kappa shape index (κ3) is 2.80. The number of aromatic nitrogens is 2. The Morgan fingerprint density at radius 1 is 1.21 bits per heavy atom. The Kier molecular flexibility index (Phi) is 3.53. The number of rotatable bonds is 2. The second kappa shape index (κ2) is 5.31. The van der Waals surface area contributed by atoms with Crippen LogP contribution in [0.25, 0.3) is 0 Å². The van der Waals surface area contributed by atoms with Crippen LogP contribution in [0.4, 0.5) is 0 Å². The van der Waals surface area contributed by atoms with E-state index in [0.717, 1.165) is 12.2 Å². The third-order valence-corrected chi connectivity index (χ3v) is 4.25. The van der Waals surface area contributed by atoms with Gasteiger partial charge < -0.3 is 9.84 Å². The zero-order chi connectivity index (χ0) is 13.2. The van der Waals surface area contributed by atoms with E-state index >= 15 is 0 Å². The van der Waals surface area contributed by atoms with Crippen LogP contribution in [0.2, 0.25) is 0 Å². The van der Waals surface area contributed by atoms with Crippen molar-refractivity contribution in [2.75, 3.05) is 0 Å². The van der Waals surface area contributed by atoms with Gasteiger partial charge in [0.1, 0.15) is 0 Å². The largest absolute Gasteiger partial charge is 0.354 e. The van der Waals surface area contributed by atoms with Gasteiger partial charge in [0.25, 0.3) is 0 Å². The maximum Gasteiger partial charge on any atom is 0.230 e. The van der Waals surface area contributed by atoms with Crippen LogP contribution in [0, 0.1) is 0 Å². The highest BCUT2D eigenvalue weighted by Crippen LogP contribution is 2.33. The third-order valence-electron chi connectivity index (χ3n) is 4.25. The molecule has 0 spiro atoms. The van der Waals surface area contributed by atoms with E-state index in [2.05, 4.69) is 15.5 Å². The lowest BCUT2D eigenvalue weighted by atomic mass is 9.88. The van der Waals surface area contributed by atoms with Crippen LogP contribution in [0.15, 0.2) is 4.52 Å². The zero-order valence-electron chi connectivity index (χ0n) is 11.4. The lowest BCUT2D eigenvalue weighted by molar-refractivity contribution is -0.123. The highest BCUT2D eigenvalue weighted by atomic mass is 16.5. The molecular formula is C14H21N3O2. The second-order valence-electron chi connectivity index (χ2n) is 5.93. The topological polar surface area (TPSA) is 68.0 Å². The van der Waals surface area contributed by atoms with Crippen molar-refractivity contribution < 1.29 is 9.32 Å². The molecule has 5 nitrogen and oxygen atoms in total. The Hall–Kier alpha value is -1.39. The predicted molar refractivity (Wildman–Crippen MR) is 69.7 cm³/mol. The summed E-state index contributed by atoms with van der Waals surface area (Å²) in [4.78, 5) is 16.1. The Morgan fingerprint density at radius 3 is 2.74 bits per heavy atom. The molecular weight excluding hydrogens is 242 g/mol. The highest BCUT2D eigenvalue weighted by molar-refractivity contribution is 5.77. The van der Waals surface area contributed by atoms with Gasteiger partial charge in [0.2, 0.25) is 11.8 Å². The van der Waals surface area contributed by atoms with E-state index in [1.54, 1.807) is 0 Å². The monoisotopic (exact) mass is 263 g/mol. The molecule has 2 fully saturated rings. The predicted octanol–water partition coefficient (Wildman–Crippen LogP) is 2.50. The lowest BCUT2D eigenvalue weighted by Crippen LogP contribution is -2.39. The van der Waals surface area contributed by atoms with E-state index in [4.69, 9.17) is 4.52 Å². The van der Waals surface area contributed by atoms with Gasteiger partial charge in [0, 0.05) is 24.3 Å². The molecule has 1 aliphatic heterocycles. The first-order chi connectivity index (χ1) is 9.22. The molecule has 2 heterocycles. The van der Waals surface area contributed by atoms with Gasteiger partial charge in [0.05, 0.1) is 0 Å². The first-order valence-electron chi connectivity index (χ1n) is 7.35. The van der Waals surface area contributed by atoms with Crippen molar-refractivity contribution in [1.82, 2.24) is 15.5 Å². The standard InChI is InChI=1S/C14H21N3O2/c1-9-7-11(8-12(18)15-9)14-16-13(17-19-14)10-5-3-2-4-6-10/h9-11H,2-8H2,1H3,(H,15,18)/t9-,11+/m1/s1. The summed E-state index contributed by atoms with van der Waals surface area (Å²) in [5, 5.41) is 7.07. The minimum atomic E-state index is 0.0844. The van der Waals surface area contributed by atoms with Crippen molar-refractivity contribution >= 4 is 5.91 Å². The Balaban J connectivity index is 1.71. The molecule has 1 saturated carbocycles. The zero-order valence-corrected chi connectivity index (χ0v) is 11.4. The minimum Gasteiger partial charge on any atom is -0.354 e. The van der Waals surface area contributed by atoms with E-state index in [9.17, 15) is 4.79 Å². The van der Waals surface area contributed by atoms with Crippen LogP contribution in [0.1, 0.15) is 75.4 Å². The molecule has 1 saturated heterocycles. The van der Waals surface area contributed by atoms with Crippen LogP contribution < -0.4 is 5.32 Å². The van der Waals surface area contributed by atoms with Crippen LogP contribution >= 0.6 is 0 Å². The number of nitrogens with zero attached hydrogens (tertiary/aromatic N) is 2. The van der Waals surface area contributed by atoms with Gasteiger partial charge in [-0.15, -0.1) is 0 Å². The smallest absolute Gasteiger partial charge is 0.230 e. The fraction of sp³-hybridized carbons (Fsp3) is 0.786. The van der Waals surface area contributed by atoms with Crippen molar-refractivity contribution in [3.63, 3.8) is 0 Å². The van der Waals surface area contributed by atoms with Gasteiger partial charge in [0.15, 0.2) is 5.82 Å². The van der Waals surface area contributed by atoms with Crippen LogP contribution in [-0.2, 0) is 4.79 Å². The SMILES string of the molecule is C[C@@H]1C[C@H](c2nc(C3CCCCC3)no2)CC(=O)N1. The van der Waals surface area contributed by atoms with Gasteiger partial charge in [-0.25, -0.2) is 0 Å². The molecule has 0 unspecified atom stereocenters. The molecule has 1 aromatic heterocycles. The van der Waals surface area contributed by atoms with Gasteiger partial charge in [-0.2, -0.15) is 4.98 Å². The number of piperidine rings is 1. The fourth-order valence-corrected chi connectivity index (χ4v) is 3.25. The number of hydrogen-bond acceptors (Lipinski definition) is 4. The fourth-order valence-electron chi connectivity index (χ4n) is 3.25. The van der Waals surface area contributed by atoms with E-state index in [1.165, 1.54) is 32.1 Å². The van der Waals surface area contributed by atoms with Crippen molar-refractivity contribution in [3.05, 3.63) is 11.7 Å². The summed E-state index contributed by atoms with van der Waals surface area (Å²) in [6.45, 7) is 2.02. The Morgan fingerprint density at radius 2 is 2.00 bits per heavy atom. The van der Waals surface area contributed by atoms with Crippen molar-refractivity contribution in [3.8, 4) is 0 Å². The minimum absolute atomic E-state index is 0.0844. The molecule has 1 aliphatic carbocycles. The molecule has 3 rings (SSSR count). The summed E-state index contributed by atoms with van der Waals surface area (Å²) >= 11 is 0. The number of carbonyl (C=O) groups excluding carboxylic acids is 1. The molecule has 0 aromatic carbocycles. The van der Waals surface area contributed by atoms with Gasteiger partial charge in [-0.05, 0) is 26.2 Å². The Labute approximate surface area is 113 Å². The van der Waals surface area contributed by atoms with Gasteiger partial charge in [-0.1, -0.05) is 24.4 Å². The van der Waals surface area contributed by atoms with Gasteiger partial charge in [-0.3, -0.25) is 4.79 Å². The number of amides is 1. The number of nitrogens with one attached hydrogen (secondary N) is 1. The van der Waals surface area contributed by atoms with E-state index in [0.29, 0.717) is 18.2 Å². The van der Waals surface area contributed by atoms with E-state index in [-0.39, 0.29) is 17.9 Å². The quantitative estimate of drug-likeness (QED) is 0.890. The summed E-state index contributed by atoms with van der Waals surface area (Å²) in [5.41, 5.74) is 0. The summed E-state index contributed by atoms with van der Waals surface area (Å²) in [5.74, 6) is 2.14. The molecule has 2 atom stereocenters. The van der Waals surface area contributed by atoms with Crippen LogP contribution in [0.3, 0.4) is 0 Å². The summed E-state index contributed by atoms with van der Waals surface area (Å²) < 4.78 is 5.41. The molecule has 104 valence electrons.